The Bertz CT molecular complexity index is 551. The third-order valence-corrected chi connectivity index (χ3v) is 9.69. The van der Waals surface area contributed by atoms with Gasteiger partial charge in [-0.05, 0) is 38.9 Å². The van der Waals surface area contributed by atoms with Crippen LogP contribution in [0.25, 0.3) is 0 Å². The van der Waals surface area contributed by atoms with Crippen molar-refractivity contribution in [3.8, 4) is 0 Å². The first-order valence-corrected chi connectivity index (χ1v) is 12.1. The molecule has 2 saturated heterocycles. The molecule has 6 nitrogen and oxygen atoms in total. The number of hydrogen-bond donors (Lipinski definition) is 0. The predicted octanol–water partition coefficient (Wildman–Crippen LogP) is 3.42. The summed E-state index contributed by atoms with van der Waals surface area (Å²) in [5.41, 5.74) is 0.871. The predicted molar refractivity (Wildman–Crippen MR) is 101 cm³/mol. The van der Waals surface area contributed by atoms with Crippen molar-refractivity contribution in [3.05, 3.63) is 12.2 Å². The Morgan fingerprint density at radius 3 is 2.35 bits per heavy atom. The van der Waals surface area contributed by atoms with E-state index in [9.17, 15) is 4.79 Å². The smallest absolute Gasteiger partial charge is 0.192 e. The van der Waals surface area contributed by atoms with Crippen LogP contribution in [-0.2, 0) is 28.2 Å². The molecule has 0 aromatic heterocycles. The fraction of sp³-hybridized carbons (Fsp3) is 0.842. The fourth-order valence-electron chi connectivity index (χ4n) is 2.71. The van der Waals surface area contributed by atoms with Gasteiger partial charge >= 0.3 is 0 Å². The minimum Gasteiger partial charge on any atom is -0.409 e. The van der Waals surface area contributed by atoms with Crippen LogP contribution in [0.15, 0.2) is 12.2 Å². The van der Waals surface area contributed by atoms with Gasteiger partial charge in [0.1, 0.15) is 12.2 Å². The Kier molecular flexibility index (Phi) is 6.22. The number of rotatable bonds is 7. The van der Waals surface area contributed by atoms with Crippen molar-refractivity contribution in [2.75, 3.05) is 13.2 Å². The Hall–Kier alpha value is -0.573. The van der Waals surface area contributed by atoms with Gasteiger partial charge in [-0.3, -0.25) is 4.79 Å². The van der Waals surface area contributed by atoms with Gasteiger partial charge in [0.15, 0.2) is 32.3 Å². The lowest BCUT2D eigenvalue weighted by atomic mass is 10.1. The van der Waals surface area contributed by atoms with E-state index in [1.807, 2.05) is 20.8 Å². The van der Waals surface area contributed by atoms with E-state index in [0.717, 1.165) is 5.57 Å². The lowest BCUT2D eigenvalue weighted by Crippen LogP contribution is -2.46. The fourth-order valence-corrected chi connectivity index (χ4v) is 3.65. The third kappa shape index (κ3) is 4.82. The molecule has 0 N–H and O–H groups in total. The van der Waals surface area contributed by atoms with Crippen LogP contribution in [0.4, 0.5) is 0 Å². The van der Waals surface area contributed by atoms with Gasteiger partial charge in [0, 0.05) is 0 Å². The van der Waals surface area contributed by atoms with Gasteiger partial charge in [-0.2, -0.15) is 0 Å². The lowest BCUT2D eigenvalue weighted by molar-refractivity contribution is -0.217. The average Bonchev–Trinajstić information content (AvgIpc) is 2.93. The number of fused-ring (bicyclic) bond motifs is 1. The molecule has 2 heterocycles. The molecule has 0 saturated carbocycles. The summed E-state index contributed by atoms with van der Waals surface area (Å²) < 4.78 is 29.5. The van der Waals surface area contributed by atoms with E-state index in [1.54, 1.807) is 0 Å². The summed E-state index contributed by atoms with van der Waals surface area (Å²) in [6, 6.07) is 0. The minimum atomic E-state index is -2.02. The Morgan fingerprint density at radius 1 is 1.19 bits per heavy atom. The molecule has 2 aliphatic heterocycles. The molecule has 0 aromatic carbocycles. The van der Waals surface area contributed by atoms with Gasteiger partial charge in [-0.25, -0.2) is 0 Å². The van der Waals surface area contributed by atoms with E-state index in [4.69, 9.17) is 23.4 Å². The van der Waals surface area contributed by atoms with Crippen LogP contribution >= 0.6 is 0 Å². The number of Topliss-reactive ketones (excluding diaryl/α,β-unsaturated/α-hetero) is 1. The van der Waals surface area contributed by atoms with Crippen molar-refractivity contribution in [1.82, 2.24) is 0 Å². The van der Waals surface area contributed by atoms with Crippen molar-refractivity contribution < 1.29 is 28.2 Å². The first kappa shape index (κ1) is 21.7. The number of carbonyl (C=O) groups excluding carboxylic acids is 1. The summed E-state index contributed by atoms with van der Waals surface area (Å²) in [4.78, 5) is 12.8. The molecule has 4 atom stereocenters. The minimum absolute atomic E-state index is 0.0108. The summed E-state index contributed by atoms with van der Waals surface area (Å²) >= 11 is 0. The number of hydrogen-bond acceptors (Lipinski definition) is 6. The highest BCUT2D eigenvalue weighted by atomic mass is 28.4. The first-order chi connectivity index (χ1) is 11.7. The normalized spacial score (nSPS) is 31.1. The summed E-state index contributed by atoms with van der Waals surface area (Å²) in [6.45, 7) is 20.4. The molecule has 0 aliphatic carbocycles. The van der Waals surface area contributed by atoms with Crippen molar-refractivity contribution >= 4 is 14.1 Å². The van der Waals surface area contributed by atoms with Crippen LogP contribution in [0.1, 0.15) is 41.5 Å². The molecule has 2 fully saturated rings. The van der Waals surface area contributed by atoms with E-state index in [1.165, 1.54) is 0 Å². The largest absolute Gasteiger partial charge is 0.409 e. The molecule has 26 heavy (non-hydrogen) atoms. The monoisotopic (exact) mass is 386 g/mol. The average molecular weight is 387 g/mol. The third-order valence-electron chi connectivity index (χ3n) is 5.21. The Balaban J connectivity index is 2.06. The Morgan fingerprint density at radius 2 is 1.81 bits per heavy atom. The van der Waals surface area contributed by atoms with Crippen LogP contribution in [0, 0.1) is 0 Å². The number of ether oxygens (including phenoxy) is 4. The SMILES string of the molecule is C=C(C)CO[C@@H]1[C@H]2OC(C)(C)O[C@H]2O[C@@H]1C(=O)CO[Si](C)(C)C(C)(C)C. The zero-order valence-electron chi connectivity index (χ0n) is 17.4. The maximum absolute atomic E-state index is 12.8. The second-order valence-electron chi connectivity index (χ2n) is 9.27. The molecule has 7 heteroatoms. The molecule has 0 radical (unpaired) electrons. The zero-order valence-corrected chi connectivity index (χ0v) is 18.4. The molecule has 0 unspecified atom stereocenters. The molecule has 0 aromatic rings. The van der Waals surface area contributed by atoms with Gasteiger partial charge in [0.05, 0.1) is 13.2 Å². The highest BCUT2D eigenvalue weighted by molar-refractivity contribution is 6.74. The molecule has 2 aliphatic rings. The molecular weight excluding hydrogens is 352 g/mol. The Labute approximate surface area is 158 Å². The van der Waals surface area contributed by atoms with Gasteiger partial charge < -0.3 is 23.4 Å². The topological polar surface area (TPSA) is 63.2 Å². The van der Waals surface area contributed by atoms with Crippen LogP contribution in [0.5, 0.6) is 0 Å². The first-order valence-electron chi connectivity index (χ1n) is 9.17. The molecular formula is C19H34O6Si. The van der Waals surface area contributed by atoms with Crippen LogP contribution < -0.4 is 0 Å². The van der Waals surface area contributed by atoms with Crippen LogP contribution in [0.2, 0.25) is 18.1 Å². The standard InChI is InChI=1S/C19H34O6Si/c1-12(2)10-21-15-14(23-17-16(15)24-19(6,7)25-17)13(20)11-22-26(8,9)18(3,4)5/h14-17H,1,10-11H2,2-9H3/t14-,15+,16-,17-/m1/s1. The summed E-state index contributed by atoms with van der Waals surface area (Å²) in [5.74, 6) is -0.896. The highest BCUT2D eigenvalue weighted by Crippen LogP contribution is 2.40. The van der Waals surface area contributed by atoms with Gasteiger partial charge in [0.2, 0.25) is 0 Å². The maximum Gasteiger partial charge on any atom is 0.192 e. The molecule has 2 rings (SSSR count). The number of carbonyl (C=O) groups is 1. The second kappa shape index (κ2) is 7.45. The zero-order chi connectivity index (χ0) is 19.9. The molecule has 0 amide bonds. The van der Waals surface area contributed by atoms with Crippen LogP contribution in [0.3, 0.4) is 0 Å². The quantitative estimate of drug-likeness (QED) is 0.493. The van der Waals surface area contributed by atoms with Crippen molar-refractivity contribution in [1.29, 1.82) is 0 Å². The lowest BCUT2D eigenvalue weighted by Gasteiger charge is -2.36. The van der Waals surface area contributed by atoms with Crippen molar-refractivity contribution in [2.45, 2.75) is 90.1 Å². The van der Waals surface area contributed by atoms with Crippen LogP contribution in [-0.4, -0.2) is 57.7 Å². The molecule has 0 bridgehead atoms. The van der Waals surface area contributed by atoms with E-state index in [2.05, 4.69) is 40.4 Å². The van der Waals surface area contributed by atoms with Crippen molar-refractivity contribution in [3.63, 3.8) is 0 Å². The van der Waals surface area contributed by atoms with Gasteiger partial charge in [0.25, 0.3) is 0 Å². The highest BCUT2D eigenvalue weighted by Gasteiger charge is 2.57. The summed E-state index contributed by atoms with van der Waals surface area (Å²) in [6.07, 6.45) is -2.34. The van der Waals surface area contributed by atoms with E-state index in [-0.39, 0.29) is 17.4 Å². The summed E-state index contributed by atoms with van der Waals surface area (Å²) in [5, 5.41) is 0.0341. The van der Waals surface area contributed by atoms with Gasteiger partial charge in [-0.1, -0.05) is 32.9 Å². The maximum atomic E-state index is 12.8. The summed E-state index contributed by atoms with van der Waals surface area (Å²) in [7, 11) is -2.02. The van der Waals surface area contributed by atoms with E-state index in [0.29, 0.717) is 6.61 Å². The van der Waals surface area contributed by atoms with Gasteiger partial charge in [-0.15, -0.1) is 0 Å². The van der Waals surface area contributed by atoms with E-state index < -0.39 is 38.7 Å². The molecule has 0 spiro atoms. The second-order valence-corrected chi connectivity index (χ2v) is 14.1. The number of ketones is 1. The van der Waals surface area contributed by atoms with E-state index >= 15 is 0 Å². The van der Waals surface area contributed by atoms with Crippen molar-refractivity contribution in [2.24, 2.45) is 0 Å². The molecule has 150 valence electrons.